The highest BCUT2D eigenvalue weighted by atomic mass is 35.5. The number of ketones is 1. The van der Waals surface area contributed by atoms with Gasteiger partial charge in [0.05, 0.1) is 5.75 Å². The molecule has 30 heavy (non-hydrogen) atoms. The maximum absolute atomic E-state index is 12.6. The van der Waals surface area contributed by atoms with E-state index in [-0.39, 0.29) is 17.4 Å². The van der Waals surface area contributed by atoms with Crippen molar-refractivity contribution in [1.82, 2.24) is 14.8 Å². The molecule has 0 saturated carbocycles. The average Bonchev–Trinajstić information content (AvgIpc) is 3.16. The van der Waals surface area contributed by atoms with Crippen molar-refractivity contribution in [3.8, 4) is 11.4 Å². The van der Waals surface area contributed by atoms with Gasteiger partial charge in [-0.25, -0.2) is 0 Å². The number of Topliss-reactive ketones (excluding diaryl/α,β-unsaturated/α-hetero) is 1. The smallest absolute Gasteiger partial charge is 0.224 e. The maximum Gasteiger partial charge on any atom is 0.224 e. The predicted molar refractivity (Wildman–Crippen MR) is 121 cm³/mol. The van der Waals surface area contributed by atoms with Gasteiger partial charge in [-0.2, -0.15) is 0 Å². The minimum absolute atomic E-state index is 0.00914. The average molecular weight is 443 g/mol. The number of hydrogen-bond donors (Lipinski definition) is 1. The van der Waals surface area contributed by atoms with Gasteiger partial charge in [0.25, 0.3) is 0 Å². The number of hydrogen-bond acceptors (Lipinski definition) is 5. The first kappa shape index (κ1) is 22.1. The molecule has 1 aromatic heterocycles. The molecule has 0 aliphatic heterocycles. The van der Waals surface area contributed by atoms with Crippen LogP contribution < -0.4 is 5.32 Å². The second-order valence-corrected chi connectivity index (χ2v) is 8.02. The molecule has 0 aliphatic carbocycles. The van der Waals surface area contributed by atoms with Crippen molar-refractivity contribution >= 4 is 40.7 Å². The van der Waals surface area contributed by atoms with Gasteiger partial charge in [-0.1, -0.05) is 30.3 Å². The van der Waals surface area contributed by atoms with E-state index in [9.17, 15) is 9.59 Å². The Morgan fingerprint density at radius 2 is 1.73 bits per heavy atom. The lowest BCUT2D eigenvalue weighted by Crippen LogP contribution is -2.11. The number of nitrogens with one attached hydrogen (secondary N) is 1. The van der Waals surface area contributed by atoms with E-state index in [1.165, 1.54) is 11.8 Å². The summed E-state index contributed by atoms with van der Waals surface area (Å²) < 4.78 is 1.98. The minimum atomic E-state index is -0.0254. The van der Waals surface area contributed by atoms with Crippen LogP contribution in [0.4, 0.5) is 5.69 Å². The Balaban J connectivity index is 1.64. The minimum Gasteiger partial charge on any atom is -0.326 e. The number of thioether (sulfide) groups is 1. The molecule has 0 spiro atoms. The molecule has 6 nitrogen and oxygen atoms in total. The van der Waals surface area contributed by atoms with Crippen molar-refractivity contribution in [2.45, 2.75) is 38.4 Å². The van der Waals surface area contributed by atoms with E-state index in [0.29, 0.717) is 34.4 Å². The van der Waals surface area contributed by atoms with E-state index in [0.717, 1.165) is 17.8 Å². The molecule has 3 rings (SSSR count). The van der Waals surface area contributed by atoms with E-state index < -0.39 is 0 Å². The van der Waals surface area contributed by atoms with Crippen LogP contribution in [0.1, 0.15) is 37.0 Å². The third-order valence-electron chi connectivity index (χ3n) is 4.44. The van der Waals surface area contributed by atoms with Crippen molar-refractivity contribution in [3.05, 3.63) is 59.1 Å². The summed E-state index contributed by atoms with van der Waals surface area (Å²) in [5.41, 5.74) is 2.21. The van der Waals surface area contributed by atoms with Crippen LogP contribution in [0.15, 0.2) is 53.7 Å². The Hall–Kier alpha value is -2.64. The van der Waals surface area contributed by atoms with Crippen LogP contribution in [0, 0.1) is 0 Å². The van der Waals surface area contributed by atoms with E-state index >= 15 is 0 Å². The molecule has 0 radical (unpaired) electrons. The van der Waals surface area contributed by atoms with Gasteiger partial charge in [0.2, 0.25) is 5.91 Å². The fourth-order valence-corrected chi connectivity index (χ4v) is 3.92. The lowest BCUT2D eigenvalue weighted by Gasteiger charge is -2.08. The van der Waals surface area contributed by atoms with E-state index in [4.69, 9.17) is 11.6 Å². The van der Waals surface area contributed by atoms with Gasteiger partial charge in [0, 0.05) is 34.8 Å². The van der Waals surface area contributed by atoms with Gasteiger partial charge >= 0.3 is 0 Å². The molecule has 1 N–H and O–H groups in total. The Morgan fingerprint density at radius 3 is 2.37 bits per heavy atom. The molecule has 3 aromatic rings. The molecule has 0 unspecified atom stereocenters. The molecular formula is C22H23ClN4O2S. The van der Waals surface area contributed by atoms with Crippen molar-refractivity contribution < 1.29 is 9.59 Å². The molecule has 1 heterocycles. The number of anilines is 1. The van der Waals surface area contributed by atoms with E-state index in [1.54, 1.807) is 24.3 Å². The van der Waals surface area contributed by atoms with Crippen molar-refractivity contribution in [1.29, 1.82) is 0 Å². The monoisotopic (exact) mass is 442 g/mol. The molecular weight excluding hydrogens is 420 g/mol. The standard InChI is InChI=1S/C22H23ClN4O2S/c1-3-5-20(29)24-18-12-8-15(9-13-18)19(28)14-30-22-26-25-21(27(22)4-2)16-6-10-17(23)11-7-16/h6-13H,3-5,14H2,1-2H3,(H,24,29). The SMILES string of the molecule is CCCC(=O)Nc1ccc(C(=O)CSc2nnc(-c3ccc(Cl)cc3)n2CC)cc1. The van der Waals surface area contributed by atoms with Gasteiger partial charge in [0.1, 0.15) is 0 Å². The summed E-state index contributed by atoms with van der Waals surface area (Å²) in [7, 11) is 0. The van der Waals surface area contributed by atoms with E-state index in [2.05, 4.69) is 15.5 Å². The molecule has 156 valence electrons. The largest absolute Gasteiger partial charge is 0.326 e. The molecule has 0 bridgehead atoms. The van der Waals surface area contributed by atoms with Gasteiger partial charge in [-0.3, -0.25) is 9.59 Å². The van der Waals surface area contributed by atoms with Crippen molar-refractivity contribution in [2.75, 3.05) is 11.1 Å². The van der Waals surface area contributed by atoms with Gasteiger partial charge in [-0.05, 0) is 61.9 Å². The quantitative estimate of drug-likeness (QED) is 0.358. The van der Waals surface area contributed by atoms with Gasteiger partial charge < -0.3 is 9.88 Å². The summed E-state index contributed by atoms with van der Waals surface area (Å²) in [6, 6.07) is 14.4. The molecule has 0 aliphatic rings. The number of aromatic nitrogens is 3. The first-order valence-electron chi connectivity index (χ1n) is 9.76. The molecule has 0 fully saturated rings. The van der Waals surface area contributed by atoms with Crippen LogP contribution in [-0.4, -0.2) is 32.2 Å². The van der Waals surface area contributed by atoms with Crippen molar-refractivity contribution in [3.63, 3.8) is 0 Å². The lowest BCUT2D eigenvalue weighted by atomic mass is 10.1. The Kier molecular flexibility index (Phi) is 7.65. The third kappa shape index (κ3) is 5.49. The van der Waals surface area contributed by atoms with Crippen molar-refractivity contribution in [2.24, 2.45) is 0 Å². The van der Waals surface area contributed by atoms with Crippen LogP contribution in [0.2, 0.25) is 5.02 Å². The van der Waals surface area contributed by atoms with Crippen LogP contribution >= 0.6 is 23.4 Å². The molecule has 0 saturated heterocycles. The summed E-state index contributed by atoms with van der Waals surface area (Å²) in [5, 5.41) is 12.7. The van der Waals surface area contributed by atoms with Crippen LogP contribution in [0.25, 0.3) is 11.4 Å². The lowest BCUT2D eigenvalue weighted by molar-refractivity contribution is -0.116. The topological polar surface area (TPSA) is 76.9 Å². The summed E-state index contributed by atoms with van der Waals surface area (Å²) in [5.74, 6) is 0.962. The number of carbonyl (C=O) groups excluding carboxylic acids is 2. The number of amides is 1. The number of halogens is 1. The zero-order valence-electron chi connectivity index (χ0n) is 16.9. The summed E-state index contributed by atoms with van der Waals surface area (Å²) in [6.45, 7) is 4.66. The number of benzene rings is 2. The Bertz CT molecular complexity index is 1020. The first-order chi connectivity index (χ1) is 14.5. The summed E-state index contributed by atoms with van der Waals surface area (Å²) in [6.07, 6.45) is 1.27. The molecule has 1 amide bonds. The third-order valence-corrected chi connectivity index (χ3v) is 5.65. The fraction of sp³-hybridized carbons (Fsp3) is 0.273. The highest BCUT2D eigenvalue weighted by molar-refractivity contribution is 7.99. The first-order valence-corrected chi connectivity index (χ1v) is 11.1. The van der Waals surface area contributed by atoms with E-state index in [1.807, 2.05) is 42.7 Å². The number of rotatable bonds is 9. The highest BCUT2D eigenvalue weighted by Crippen LogP contribution is 2.25. The number of nitrogens with zero attached hydrogens (tertiary/aromatic N) is 3. The van der Waals surface area contributed by atoms with Gasteiger partial charge in [0.15, 0.2) is 16.8 Å². The zero-order valence-corrected chi connectivity index (χ0v) is 18.5. The van der Waals surface area contributed by atoms with Crippen LogP contribution in [0.3, 0.4) is 0 Å². The normalized spacial score (nSPS) is 10.8. The predicted octanol–water partition coefficient (Wildman–Crippen LogP) is 5.33. The van der Waals surface area contributed by atoms with Crippen LogP contribution in [-0.2, 0) is 11.3 Å². The Morgan fingerprint density at radius 1 is 1.03 bits per heavy atom. The second-order valence-electron chi connectivity index (χ2n) is 6.64. The molecule has 2 aromatic carbocycles. The molecule has 8 heteroatoms. The number of carbonyl (C=O) groups is 2. The fourth-order valence-electron chi connectivity index (χ4n) is 2.90. The highest BCUT2D eigenvalue weighted by Gasteiger charge is 2.15. The Labute approximate surface area is 185 Å². The zero-order chi connectivity index (χ0) is 21.5. The summed E-state index contributed by atoms with van der Waals surface area (Å²) >= 11 is 7.32. The van der Waals surface area contributed by atoms with Gasteiger partial charge in [-0.15, -0.1) is 10.2 Å². The summed E-state index contributed by atoms with van der Waals surface area (Å²) in [4.78, 5) is 24.3. The molecule has 0 atom stereocenters. The maximum atomic E-state index is 12.6. The second kappa shape index (κ2) is 10.4. The van der Waals surface area contributed by atoms with Crippen LogP contribution in [0.5, 0.6) is 0 Å².